The van der Waals surface area contributed by atoms with E-state index in [1.54, 1.807) is 55.5 Å². The van der Waals surface area contributed by atoms with Crippen LogP contribution < -0.4 is 19.5 Å². The summed E-state index contributed by atoms with van der Waals surface area (Å²) in [6.45, 7) is 1.74. The fraction of sp³-hybridized carbons (Fsp3) is 0.0294. The van der Waals surface area contributed by atoms with Crippen LogP contribution in [0.4, 0.5) is 15.3 Å². The van der Waals surface area contributed by atoms with E-state index in [9.17, 15) is 22.8 Å². The van der Waals surface area contributed by atoms with Crippen molar-refractivity contribution in [2.75, 3.05) is 4.31 Å². The number of nitrogens with zero attached hydrogens (tertiary/aromatic N) is 2. The molecule has 0 aliphatic rings. The maximum atomic E-state index is 13.8. The van der Waals surface area contributed by atoms with Crippen molar-refractivity contribution in [2.24, 2.45) is 0 Å². The number of hydrogen-bond donors (Lipinski definition) is 0. The van der Waals surface area contributed by atoms with Gasteiger partial charge in [-0.05, 0) is 61.0 Å². The molecule has 0 bridgehead atoms. The van der Waals surface area contributed by atoms with Gasteiger partial charge >= 0.3 is 17.9 Å². The molecule has 1 amide bonds. The fourth-order valence-electron chi connectivity index (χ4n) is 4.19. The van der Waals surface area contributed by atoms with E-state index in [-0.39, 0.29) is 33.2 Å². The summed E-state index contributed by atoms with van der Waals surface area (Å²) in [5.74, 6) is -0.723. The molecule has 0 atom stereocenters. The van der Waals surface area contributed by atoms with Crippen LogP contribution in [0.1, 0.15) is 5.56 Å². The molecule has 0 fully saturated rings. The third-order valence-electron chi connectivity index (χ3n) is 6.24. The maximum absolute atomic E-state index is 13.8. The van der Waals surface area contributed by atoms with Crippen molar-refractivity contribution in [1.29, 1.82) is 0 Å². The molecule has 0 unspecified atom stereocenters. The molecule has 0 radical (unpaired) electrons. The molecule has 45 heavy (non-hydrogen) atoms. The number of rotatable bonds is 5. The molecule has 0 spiro atoms. The van der Waals surface area contributed by atoms with Gasteiger partial charge in [0.1, 0.15) is 17.0 Å². The second kappa shape index (κ2) is 13.6. The summed E-state index contributed by atoms with van der Waals surface area (Å²) >= 11 is 0. The highest BCUT2D eigenvalue weighted by Crippen LogP contribution is 2.28. The Morgan fingerprint density at radius 1 is 0.689 bits per heavy atom. The number of sulfonamides is 1. The molecule has 0 saturated carbocycles. The van der Waals surface area contributed by atoms with Gasteiger partial charge in [-0.3, -0.25) is 0 Å². The van der Waals surface area contributed by atoms with E-state index in [4.69, 9.17) is 13.9 Å². The van der Waals surface area contributed by atoms with E-state index in [0.717, 1.165) is 12.1 Å². The predicted octanol–water partition coefficient (Wildman–Crippen LogP) is 7.03. The lowest BCUT2D eigenvalue weighted by atomic mass is 10.2. The summed E-state index contributed by atoms with van der Waals surface area (Å²) < 4.78 is 44.5. The number of anilines is 1. The Morgan fingerprint density at radius 3 is 1.82 bits per heavy atom. The van der Waals surface area contributed by atoms with Gasteiger partial charge in [0, 0.05) is 6.07 Å². The Balaban J connectivity index is 0.000000598. The number of hydrogen-bond acceptors (Lipinski definition) is 8. The molecule has 1 heterocycles. The molecule has 0 saturated heterocycles. The Hall–Kier alpha value is -5.94. The molecule has 0 aliphatic heterocycles. The van der Waals surface area contributed by atoms with Crippen LogP contribution >= 0.6 is 0 Å². The summed E-state index contributed by atoms with van der Waals surface area (Å²) in [6, 6.07) is 37.8. The van der Waals surface area contributed by atoms with Gasteiger partial charge in [0.2, 0.25) is 0 Å². The monoisotopic (exact) mass is 622 g/mol. The topological polar surface area (TPSA) is 125 Å². The van der Waals surface area contributed by atoms with Crippen LogP contribution in [0, 0.1) is 6.92 Å². The van der Waals surface area contributed by atoms with Gasteiger partial charge in [-0.2, -0.15) is 8.87 Å². The van der Waals surface area contributed by atoms with Gasteiger partial charge < -0.3 is 13.9 Å². The first-order valence-corrected chi connectivity index (χ1v) is 15.0. The largest absolute Gasteiger partial charge is 0.434 e. The zero-order chi connectivity index (χ0) is 31.8. The van der Waals surface area contributed by atoms with E-state index in [1.807, 2.05) is 36.4 Å². The number of aryl methyl sites for hydroxylation is 1. The molecule has 11 heteroatoms. The first-order chi connectivity index (χ1) is 21.7. The fourth-order valence-corrected chi connectivity index (χ4v) is 5.52. The summed E-state index contributed by atoms with van der Waals surface area (Å²) in [5, 5.41) is 0. The van der Waals surface area contributed by atoms with Crippen molar-refractivity contribution >= 4 is 39.0 Å². The van der Waals surface area contributed by atoms with Gasteiger partial charge in [-0.1, -0.05) is 84.9 Å². The smallest absolute Gasteiger partial charge is 0.410 e. The molecule has 0 N–H and O–H groups in total. The van der Waals surface area contributed by atoms with Crippen LogP contribution in [0.3, 0.4) is 0 Å². The minimum atomic E-state index is -4.58. The van der Waals surface area contributed by atoms with Crippen LogP contribution in [0.15, 0.2) is 154 Å². The Bertz CT molecular complexity index is 2070. The lowest BCUT2D eigenvalue weighted by Crippen LogP contribution is -2.39. The molecule has 10 nitrogen and oxygen atoms in total. The first kappa shape index (κ1) is 30.5. The quantitative estimate of drug-likeness (QED) is 0.201. The van der Waals surface area contributed by atoms with E-state index < -0.39 is 28.0 Å². The van der Waals surface area contributed by atoms with Gasteiger partial charge in [-0.25, -0.2) is 22.8 Å². The van der Waals surface area contributed by atoms with Crippen molar-refractivity contribution < 1.29 is 31.9 Å². The van der Waals surface area contributed by atoms with Crippen molar-refractivity contribution in [3.05, 3.63) is 156 Å². The number of ether oxygens (including phenoxy) is 2. The number of amides is 1. The standard InChI is InChI=1S/C28H20N2O8S.C6H6/c1-19-9-8-10-20(17-19)30(28(33)37-22-13-6-3-7-14-22)39(34,35)23-15-16-24-25(18-23)38-27(32)29(24)26(31)36-21-11-4-2-5-12-21;1-2-4-6-5-3-1/h2-18H,1H3;1-6H. The Morgan fingerprint density at radius 2 is 1.24 bits per heavy atom. The molecular formula is C34H26N2O8S. The molecule has 0 aliphatic carbocycles. The highest BCUT2D eigenvalue weighted by Gasteiger charge is 2.34. The number of carbonyl (C=O) groups excluding carboxylic acids is 2. The molecule has 6 aromatic rings. The molecule has 1 aromatic heterocycles. The van der Waals surface area contributed by atoms with Crippen molar-refractivity contribution in [1.82, 2.24) is 4.57 Å². The number of para-hydroxylation sites is 2. The van der Waals surface area contributed by atoms with Crippen molar-refractivity contribution in [2.45, 2.75) is 11.8 Å². The summed E-state index contributed by atoms with van der Waals surface area (Å²) in [6.07, 6.45) is -2.20. The predicted molar refractivity (Wildman–Crippen MR) is 168 cm³/mol. The second-order valence-electron chi connectivity index (χ2n) is 9.46. The minimum Gasteiger partial charge on any atom is -0.410 e. The van der Waals surface area contributed by atoms with Crippen molar-refractivity contribution in [3.8, 4) is 11.5 Å². The van der Waals surface area contributed by atoms with Gasteiger partial charge in [0.05, 0.1) is 10.6 Å². The van der Waals surface area contributed by atoms with Crippen molar-refractivity contribution in [3.63, 3.8) is 0 Å². The zero-order valence-electron chi connectivity index (χ0n) is 23.8. The highest BCUT2D eigenvalue weighted by molar-refractivity contribution is 7.93. The number of benzene rings is 5. The summed E-state index contributed by atoms with van der Waals surface area (Å²) in [4.78, 5) is 38.0. The Kier molecular flexibility index (Phi) is 9.20. The van der Waals surface area contributed by atoms with Crippen LogP contribution in [0.25, 0.3) is 11.1 Å². The van der Waals surface area contributed by atoms with Gasteiger partial charge in [-0.15, -0.1) is 0 Å². The highest BCUT2D eigenvalue weighted by atomic mass is 32.2. The SMILES string of the molecule is Cc1cccc(N(C(=O)Oc2ccccc2)S(=O)(=O)c2ccc3c(c2)oc(=O)n3C(=O)Oc2ccccc2)c1.c1ccccc1. The van der Waals surface area contributed by atoms with E-state index in [2.05, 4.69) is 0 Å². The Labute approximate surface area is 258 Å². The first-order valence-electron chi connectivity index (χ1n) is 13.6. The lowest BCUT2D eigenvalue weighted by Gasteiger charge is -2.22. The molecule has 6 rings (SSSR count). The lowest BCUT2D eigenvalue weighted by molar-refractivity contribution is 0.201. The zero-order valence-corrected chi connectivity index (χ0v) is 24.7. The third-order valence-corrected chi connectivity index (χ3v) is 7.93. The third kappa shape index (κ3) is 7.17. The summed E-state index contributed by atoms with van der Waals surface area (Å²) in [7, 11) is -4.58. The normalized spacial score (nSPS) is 10.8. The number of carbonyl (C=O) groups is 2. The van der Waals surface area contributed by atoms with Crippen LogP contribution in [-0.2, 0) is 10.0 Å². The number of oxazole rings is 1. The van der Waals surface area contributed by atoms with Crippen LogP contribution in [0.2, 0.25) is 0 Å². The van der Waals surface area contributed by atoms with Gasteiger partial charge in [0.25, 0.3) is 10.0 Å². The molecule has 226 valence electrons. The van der Waals surface area contributed by atoms with Crippen LogP contribution in [-0.4, -0.2) is 25.2 Å². The summed E-state index contributed by atoms with van der Waals surface area (Å²) in [5.41, 5.74) is 0.526. The van der Waals surface area contributed by atoms with Gasteiger partial charge in [0.15, 0.2) is 5.58 Å². The van der Waals surface area contributed by atoms with E-state index in [0.29, 0.717) is 14.4 Å². The number of fused-ring (bicyclic) bond motifs is 1. The van der Waals surface area contributed by atoms with Crippen LogP contribution in [0.5, 0.6) is 11.5 Å². The number of aromatic nitrogens is 1. The maximum Gasteiger partial charge on any atom is 0.434 e. The second-order valence-corrected chi connectivity index (χ2v) is 11.2. The minimum absolute atomic E-state index is 0.0196. The molecule has 5 aromatic carbocycles. The average molecular weight is 623 g/mol. The van der Waals surface area contributed by atoms with E-state index in [1.165, 1.54) is 42.5 Å². The van der Waals surface area contributed by atoms with E-state index >= 15 is 0 Å². The molecular weight excluding hydrogens is 596 g/mol. The average Bonchev–Trinajstić information content (AvgIpc) is 3.38.